The Balaban J connectivity index is 2.05. The number of carbonyl (C=O) groups excluding carboxylic acids is 1. The summed E-state index contributed by atoms with van der Waals surface area (Å²) in [5.41, 5.74) is 2.13. The first-order valence-electron chi connectivity index (χ1n) is 8.44. The minimum absolute atomic E-state index is 0.198. The first kappa shape index (κ1) is 17.4. The van der Waals surface area contributed by atoms with E-state index >= 15 is 0 Å². The third-order valence-corrected chi connectivity index (χ3v) is 5.09. The molecule has 1 heterocycles. The van der Waals surface area contributed by atoms with Gasteiger partial charge in [-0.3, -0.25) is 4.79 Å². The summed E-state index contributed by atoms with van der Waals surface area (Å²) in [6.07, 6.45) is 3.15. The van der Waals surface area contributed by atoms with E-state index in [0.717, 1.165) is 56.0 Å². The lowest BCUT2D eigenvalue weighted by Gasteiger charge is -2.34. The lowest BCUT2D eigenvalue weighted by Crippen LogP contribution is -2.46. The summed E-state index contributed by atoms with van der Waals surface area (Å²) in [5, 5.41) is 3.38. The molecule has 0 spiro atoms. The van der Waals surface area contributed by atoms with Crippen molar-refractivity contribution in [2.24, 2.45) is 0 Å². The zero-order valence-electron chi connectivity index (χ0n) is 13.8. The number of benzene rings is 1. The highest BCUT2D eigenvalue weighted by molar-refractivity contribution is 7.98. The topological polar surface area (TPSA) is 32.3 Å². The van der Waals surface area contributed by atoms with Gasteiger partial charge in [-0.1, -0.05) is 26.0 Å². The van der Waals surface area contributed by atoms with Crippen LogP contribution in [0.25, 0.3) is 0 Å². The van der Waals surface area contributed by atoms with Gasteiger partial charge in [-0.2, -0.15) is 11.8 Å². The van der Waals surface area contributed by atoms with Crippen LogP contribution in [-0.4, -0.2) is 42.2 Å². The van der Waals surface area contributed by atoms with E-state index in [1.54, 1.807) is 0 Å². The van der Waals surface area contributed by atoms with E-state index in [1.165, 1.54) is 5.56 Å². The van der Waals surface area contributed by atoms with Gasteiger partial charge in [-0.25, -0.2) is 0 Å². The third kappa shape index (κ3) is 4.75. The number of rotatable bonds is 7. The molecule has 0 atom stereocenters. The van der Waals surface area contributed by atoms with Gasteiger partial charge in [0.2, 0.25) is 0 Å². The maximum atomic E-state index is 12.9. The molecule has 0 unspecified atom stereocenters. The Hall–Kier alpha value is -1.00. The minimum Gasteiger partial charge on any atom is -0.336 e. The number of piperidine rings is 1. The molecular weight excluding hydrogens is 292 g/mol. The average molecular weight is 321 g/mol. The summed E-state index contributed by atoms with van der Waals surface area (Å²) in [6, 6.07) is 8.59. The van der Waals surface area contributed by atoms with Crippen LogP contribution in [0.2, 0.25) is 0 Å². The molecule has 122 valence electrons. The predicted molar refractivity (Wildman–Crippen MR) is 95.5 cm³/mol. The van der Waals surface area contributed by atoms with Crippen molar-refractivity contribution in [1.82, 2.24) is 10.2 Å². The Bertz CT molecular complexity index is 455. The summed E-state index contributed by atoms with van der Waals surface area (Å²) in [7, 11) is 0. The van der Waals surface area contributed by atoms with Crippen LogP contribution in [-0.2, 0) is 5.75 Å². The van der Waals surface area contributed by atoms with E-state index in [2.05, 4.69) is 36.2 Å². The maximum Gasteiger partial charge on any atom is 0.254 e. The zero-order chi connectivity index (χ0) is 15.8. The first-order valence-corrected chi connectivity index (χ1v) is 9.60. The minimum atomic E-state index is 0.198. The van der Waals surface area contributed by atoms with E-state index in [9.17, 15) is 4.79 Å². The van der Waals surface area contributed by atoms with Gasteiger partial charge in [0.15, 0.2) is 0 Å². The predicted octanol–water partition coefficient (Wildman–Crippen LogP) is 3.54. The van der Waals surface area contributed by atoms with Crippen molar-refractivity contribution < 1.29 is 4.79 Å². The van der Waals surface area contributed by atoms with Crippen LogP contribution in [0.3, 0.4) is 0 Å². The van der Waals surface area contributed by atoms with Crippen molar-refractivity contribution in [3.8, 4) is 0 Å². The van der Waals surface area contributed by atoms with Crippen molar-refractivity contribution in [1.29, 1.82) is 0 Å². The van der Waals surface area contributed by atoms with Gasteiger partial charge in [-0.05, 0) is 55.8 Å². The Morgan fingerprint density at radius 2 is 1.91 bits per heavy atom. The van der Waals surface area contributed by atoms with E-state index in [4.69, 9.17) is 0 Å². The normalized spacial score (nSPS) is 15.7. The molecule has 3 nitrogen and oxygen atoms in total. The van der Waals surface area contributed by atoms with Crippen LogP contribution in [0, 0.1) is 0 Å². The molecule has 0 radical (unpaired) electrons. The van der Waals surface area contributed by atoms with Crippen LogP contribution >= 0.6 is 11.8 Å². The quantitative estimate of drug-likeness (QED) is 0.834. The number of nitrogens with one attached hydrogen (secondary N) is 1. The van der Waals surface area contributed by atoms with Crippen LogP contribution in [0.5, 0.6) is 0 Å². The lowest BCUT2D eigenvalue weighted by atomic mass is 10.0. The SMILES string of the molecule is CCCN(C(=O)c1ccc(CSCC)cc1)C1CCNCC1. The number of amides is 1. The highest BCUT2D eigenvalue weighted by Crippen LogP contribution is 2.18. The van der Waals surface area contributed by atoms with Crippen molar-refractivity contribution in [2.45, 2.75) is 44.9 Å². The Labute approximate surface area is 138 Å². The standard InChI is InChI=1S/C18H28N2OS/c1-3-13-20(17-9-11-19-12-10-17)18(21)16-7-5-15(6-8-16)14-22-4-2/h5-8,17,19H,3-4,9-14H2,1-2H3. The van der Waals surface area contributed by atoms with Crippen LogP contribution in [0.15, 0.2) is 24.3 Å². The van der Waals surface area contributed by atoms with Gasteiger partial charge in [0, 0.05) is 23.9 Å². The van der Waals surface area contributed by atoms with E-state index in [0.29, 0.717) is 6.04 Å². The van der Waals surface area contributed by atoms with E-state index < -0.39 is 0 Å². The monoisotopic (exact) mass is 320 g/mol. The van der Waals surface area contributed by atoms with E-state index in [-0.39, 0.29) is 5.91 Å². The molecular formula is C18H28N2OS. The number of carbonyl (C=O) groups is 1. The van der Waals surface area contributed by atoms with Crippen molar-refractivity contribution in [3.63, 3.8) is 0 Å². The number of thioether (sulfide) groups is 1. The maximum absolute atomic E-state index is 12.9. The molecule has 1 aromatic carbocycles. The molecule has 1 aliphatic heterocycles. The number of hydrogen-bond donors (Lipinski definition) is 1. The fourth-order valence-electron chi connectivity index (χ4n) is 2.94. The van der Waals surface area contributed by atoms with Crippen LogP contribution in [0.4, 0.5) is 0 Å². The number of hydrogen-bond acceptors (Lipinski definition) is 3. The van der Waals surface area contributed by atoms with Gasteiger partial charge in [0.25, 0.3) is 5.91 Å². The zero-order valence-corrected chi connectivity index (χ0v) is 14.6. The van der Waals surface area contributed by atoms with Gasteiger partial charge < -0.3 is 10.2 Å². The largest absolute Gasteiger partial charge is 0.336 e. The van der Waals surface area contributed by atoms with E-state index in [1.807, 2.05) is 23.9 Å². The van der Waals surface area contributed by atoms with Crippen LogP contribution in [0.1, 0.15) is 49.0 Å². The molecule has 1 fully saturated rings. The molecule has 0 aliphatic carbocycles. The Morgan fingerprint density at radius 1 is 1.23 bits per heavy atom. The third-order valence-electron chi connectivity index (χ3n) is 4.15. The lowest BCUT2D eigenvalue weighted by molar-refractivity contribution is 0.0642. The second-order valence-electron chi connectivity index (χ2n) is 5.81. The smallest absolute Gasteiger partial charge is 0.254 e. The second kappa shape index (κ2) is 9.21. The van der Waals surface area contributed by atoms with Crippen molar-refractivity contribution in [2.75, 3.05) is 25.4 Å². The summed E-state index contributed by atoms with van der Waals surface area (Å²) in [6.45, 7) is 7.21. The number of nitrogens with zero attached hydrogens (tertiary/aromatic N) is 1. The molecule has 0 bridgehead atoms. The molecule has 1 saturated heterocycles. The molecule has 1 aliphatic rings. The van der Waals surface area contributed by atoms with Gasteiger partial charge in [-0.15, -0.1) is 0 Å². The van der Waals surface area contributed by atoms with Gasteiger partial charge >= 0.3 is 0 Å². The summed E-state index contributed by atoms with van der Waals surface area (Å²) >= 11 is 1.91. The van der Waals surface area contributed by atoms with Gasteiger partial charge in [0.05, 0.1) is 0 Å². The first-order chi connectivity index (χ1) is 10.8. The molecule has 1 amide bonds. The van der Waals surface area contributed by atoms with Crippen LogP contribution < -0.4 is 5.32 Å². The highest BCUT2D eigenvalue weighted by Gasteiger charge is 2.25. The Kier molecular flexibility index (Phi) is 7.26. The molecule has 2 rings (SSSR count). The summed E-state index contributed by atoms with van der Waals surface area (Å²) < 4.78 is 0. The van der Waals surface area contributed by atoms with Gasteiger partial charge in [0.1, 0.15) is 0 Å². The average Bonchev–Trinajstić information content (AvgIpc) is 2.58. The second-order valence-corrected chi connectivity index (χ2v) is 7.09. The molecule has 0 aromatic heterocycles. The fraction of sp³-hybridized carbons (Fsp3) is 0.611. The highest BCUT2D eigenvalue weighted by atomic mass is 32.2. The summed E-state index contributed by atoms with van der Waals surface area (Å²) in [4.78, 5) is 15.0. The molecule has 0 saturated carbocycles. The van der Waals surface area contributed by atoms with Crippen molar-refractivity contribution in [3.05, 3.63) is 35.4 Å². The molecule has 22 heavy (non-hydrogen) atoms. The van der Waals surface area contributed by atoms with Crippen molar-refractivity contribution >= 4 is 17.7 Å². The Morgan fingerprint density at radius 3 is 2.50 bits per heavy atom. The molecule has 1 N–H and O–H groups in total. The molecule has 4 heteroatoms. The molecule has 1 aromatic rings. The summed E-state index contributed by atoms with van der Waals surface area (Å²) in [5.74, 6) is 2.35. The fourth-order valence-corrected chi connectivity index (χ4v) is 3.57.